The second-order valence-electron chi connectivity index (χ2n) is 1.21. The maximum absolute atomic E-state index is 8.68. The van der Waals surface area contributed by atoms with Gasteiger partial charge in [0.15, 0.2) is 0 Å². The van der Waals surface area contributed by atoms with E-state index in [2.05, 4.69) is 12.2 Å². The van der Waals surface area contributed by atoms with E-state index in [0.29, 0.717) is 0 Å². The molecule has 2 heteroatoms. The summed E-state index contributed by atoms with van der Waals surface area (Å²) in [5.41, 5.74) is 0. The van der Waals surface area contributed by atoms with Crippen molar-refractivity contribution in [2.24, 2.45) is 0 Å². The van der Waals surface area contributed by atoms with Crippen molar-refractivity contribution >= 4 is 6.29 Å². The molecule has 0 unspecified atom stereocenters. The predicted octanol–water partition coefficient (Wildman–Crippen LogP) is 1.42. The maximum atomic E-state index is 8.68. The van der Waals surface area contributed by atoms with Gasteiger partial charge in [-0.15, -0.1) is 6.42 Å². The van der Waals surface area contributed by atoms with Gasteiger partial charge in [-0.2, -0.15) is 13.0 Å². The van der Waals surface area contributed by atoms with Crippen molar-refractivity contribution in [1.82, 2.24) is 0 Å². The molecule has 9 heavy (non-hydrogen) atoms. The molecule has 1 rings (SSSR count). The number of carbonyl (C=O) groups excluding carboxylic acids is 1. The van der Waals surface area contributed by atoms with Crippen molar-refractivity contribution < 1.29 is 21.9 Å². The summed E-state index contributed by atoms with van der Waals surface area (Å²) in [6.07, 6.45) is 11.5. The maximum Gasteiger partial charge on any atom is 2.00 e. The molecule has 0 N–H and O–H groups in total. The molecule has 0 bridgehead atoms. The smallest absolute Gasteiger partial charge is 0.542 e. The van der Waals surface area contributed by atoms with Crippen LogP contribution in [0.1, 0.15) is 13.3 Å². The van der Waals surface area contributed by atoms with E-state index in [1.54, 1.807) is 0 Å². The summed E-state index contributed by atoms with van der Waals surface area (Å²) < 4.78 is 0. The monoisotopic (exact) mass is 164 g/mol. The van der Waals surface area contributed by atoms with Crippen LogP contribution in [0.5, 0.6) is 0 Å². The van der Waals surface area contributed by atoms with Crippen molar-refractivity contribution in [1.29, 1.82) is 0 Å². The molecule has 0 heterocycles. The number of rotatable bonds is 0. The minimum atomic E-state index is 0. The summed E-state index contributed by atoms with van der Waals surface area (Å²) in [5.74, 6) is 0. The van der Waals surface area contributed by atoms with Gasteiger partial charge < -0.3 is 4.79 Å². The fraction of sp³-hybridized carbons (Fsp3) is 0.286. The molecular weight excluding hydrogens is 156 g/mol. The van der Waals surface area contributed by atoms with Crippen LogP contribution in [-0.2, 0) is 21.9 Å². The Morgan fingerprint density at radius 1 is 1.67 bits per heavy atom. The zero-order valence-electron chi connectivity index (χ0n) is 5.20. The number of allylic oxidation sites excluding steroid dienone is 4. The molecule has 0 aromatic rings. The molecule has 0 atom stereocenters. The van der Waals surface area contributed by atoms with Gasteiger partial charge >= 0.3 is 17.1 Å². The Morgan fingerprint density at radius 3 is 2.33 bits per heavy atom. The summed E-state index contributed by atoms with van der Waals surface area (Å²) in [5, 5.41) is 0. The minimum Gasteiger partial charge on any atom is -0.542 e. The molecule has 0 fully saturated rings. The van der Waals surface area contributed by atoms with E-state index in [-0.39, 0.29) is 17.1 Å². The molecule has 0 aliphatic heterocycles. The van der Waals surface area contributed by atoms with Gasteiger partial charge in [-0.25, -0.2) is 12.2 Å². The molecule has 0 saturated heterocycles. The van der Waals surface area contributed by atoms with E-state index in [1.165, 1.54) is 13.2 Å². The third-order valence-corrected chi connectivity index (χ3v) is 0.586. The molecule has 50 valence electrons. The third-order valence-electron chi connectivity index (χ3n) is 0.586. The van der Waals surface area contributed by atoms with Crippen LogP contribution in [-0.4, -0.2) is 6.29 Å². The van der Waals surface area contributed by atoms with E-state index in [0.717, 1.165) is 6.42 Å². The van der Waals surface area contributed by atoms with E-state index in [9.17, 15) is 0 Å². The van der Waals surface area contributed by atoms with Gasteiger partial charge in [-0.05, 0) is 0 Å². The third kappa shape index (κ3) is 11.3. The molecule has 0 saturated carbocycles. The van der Waals surface area contributed by atoms with Gasteiger partial charge in [0.1, 0.15) is 0 Å². The van der Waals surface area contributed by atoms with Crippen molar-refractivity contribution in [3.63, 3.8) is 0 Å². The Labute approximate surface area is 66.3 Å². The summed E-state index contributed by atoms with van der Waals surface area (Å²) in [6.45, 7) is 1.32. The first-order valence-electron chi connectivity index (χ1n) is 2.42. The van der Waals surface area contributed by atoms with Gasteiger partial charge in [-0.3, -0.25) is 12.4 Å². The minimum absolute atomic E-state index is 0. The van der Waals surface area contributed by atoms with Crippen LogP contribution in [0.2, 0.25) is 0 Å². The molecule has 1 aliphatic rings. The van der Waals surface area contributed by atoms with Gasteiger partial charge in [0.2, 0.25) is 0 Å². The molecule has 0 aromatic heterocycles. The van der Waals surface area contributed by atoms with Gasteiger partial charge in [0.25, 0.3) is 0 Å². The van der Waals surface area contributed by atoms with Gasteiger partial charge in [0.05, 0.1) is 0 Å². The van der Waals surface area contributed by atoms with Gasteiger partial charge in [0, 0.05) is 0 Å². The quantitative estimate of drug-likeness (QED) is 0.390. The molecular formula is C7H8FeO. The second-order valence-corrected chi connectivity index (χ2v) is 1.21. The second kappa shape index (κ2) is 10.6. The van der Waals surface area contributed by atoms with E-state index in [4.69, 9.17) is 4.79 Å². The first-order valence-corrected chi connectivity index (χ1v) is 2.42. The first kappa shape index (κ1) is 11.5. The first-order chi connectivity index (χ1) is 3.91. The van der Waals surface area contributed by atoms with Crippen LogP contribution >= 0.6 is 0 Å². The topological polar surface area (TPSA) is 17.1 Å². The van der Waals surface area contributed by atoms with Crippen LogP contribution in [0.25, 0.3) is 0 Å². The molecule has 1 nitrogen and oxygen atoms in total. The average Bonchev–Trinajstić information content (AvgIpc) is 2.17. The fourth-order valence-electron chi connectivity index (χ4n) is 0.340. The van der Waals surface area contributed by atoms with Crippen molar-refractivity contribution in [2.75, 3.05) is 0 Å². The average molecular weight is 164 g/mol. The molecule has 1 aliphatic carbocycles. The van der Waals surface area contributed by atoms with Crippen molar-refractivity contribution in [2.45, 2.75) is 13.3 Å². The Hall–Kier alpha value is -0.331. The summed E-state index contributed by atoms with van der Waals surface area (Å²) >= 11 is 0. The fourth-order valence-corrected chi connectivity index (χ4v) is 0.340. The Bertz CT molecular complexity index is 95.5. The molecule has 0 amide bonds. The van der Waals surface area contributed by atoms with E-state index in [1.807, 2.05) is 12.2 Å². The van der Waals surface area contributed by atoms with Crippen LogP contribution in [0, 0.1) is 6.08 Å². The summed E-state index contributed by atoms with van der Waals surface area (Å²) in [6, 6.07) is 0. The van der Waals surface area contributed by atoms with E-state index < -0.39 is 0 Å². The van der Waals surface area contributed by atoms with E-state index >= 15 is 0 Å². The van der Waals surface area contributed by atoms with Crippen LogP contribution in [0.3, 0.4) is 0 Å². The zero-order chi connectivity index (χ0) is 6.24. The standard InChI is InChI=1S/C5H5.C2H3O.Fe/c1-2-4-5-3-1;1-2-3;/h1-3H,4H2;1H3;/q2*-1;+2. The Kier molecular flexibility index (Phi) is 13.5. The Morgan fingerprint density at radius 2 is 2.22 bits per heavy atom. The SMILES string of the molecule is C[C-]=O.[C-]1=CC=CC1.[Fe+2]. The predicted molar refractivity (Wildman–Crippen MR) is 32.9 cm³/mol. The van der Waals surface area contributed by atoms with Crippen LogP contribution in [0.15, 0.2) is 18.2 Å². The number of hydrogen-bond donors (Lipinski definition) is 0. The summed E-state index contributed by atoms with van der Waals surface area (Å²) in [7, 11) is 0. The molecule has 0 radical (unpaired) electrons. The van der Waals surface area contributed by atoms with Crippen LogP contribution in [0.4, 0.5) is 0 Å². The molecule has 0 aromatic carbocycles. The van der Waals surface area contributed by atoms with Crippen molar-refractivity contribution in [3.05, 3.63) is 24.3 Å². The van der Waals surface area contributed by atoms with Crippen LogP contribution < -0.4 is 0 Å². The van der Waals surface area contributed by atoms with Crippen molar-refractivity contribution in [3.8, 4) is 0 Å². The zero-order valence-corrected chi connectivity index (χ0v) is 6.31. The Balaban J connectivity index is 0. The number of hydrogen-bond acceptors (Lipinski definition) is 1. The van der Waals surface area contributed by atoms with Gasteiger partial charge in [-0.1, -0.05) is 0 Å². The molecule has 0 spiro atoms. The largest absolute Gasteiger partial charge is 2.00 e. The summed E-state index contributed by atoms with van der Waals surface area (Å²) in [4.78, 5) is 8.68. The normalized spacial score (nSPS) is 11.2.